The van der Waals surface area contributed by atoms with Crippen LogP contribution in [0.2, 0.25) is 0 Å². The number of amides is 1. The topological polar surface area (TPSA) is 61.4 Å². The maximum atomic E-state index is 11.8. The lowest BCUT2D eigenvalue weighted by atomic mass is 9.95. The molecule has 16 heavy (non-hydrogen) atoms. The predicted octanol–water partition coefficient (Wildman–Crippen LogP) is 0.931. The number of phenols is 1. The van der Waals surface area contributed by atoms with Crippen molar-refractivity contribution in [3.63, 3.8) is 0 Å². The zero-order valence-electron chi connectivity index (χ0n) is 9.45. The number of piperazine rings is 1. The summed E-state index contributed by atoms with van der Waals surface area (Å²) in [6.45, 7) is 4.62. The number of carbonyl (C=O) groups is 1. The minimum atomic E-state index is -0.482. The number of benzene rings is 1. The van der Waals surface area contributed by atoms with E-state index in [2.05, 4.69) is 10.6 Å². The third kappa shape index (κ3) is 2.02. The van der Waals surface area contributed by atoms with Gasteiger partial charge in [-0.2, -0.15) is 0 Å². The summed E-state index contributed by atoms with van der Waals surface area (Å²) in [7, 11) is 0. The van der Waals surface area contributed by atoms with Gasteiger partial charge in [-0.1, -0.05) is 18.2 Å². The summed E-state index contributed by atoms with van der Waals surface area (Å²) in [5.74, 6) is 0.0497. The van der Waals surface area contributed by atoms with Gasteiger partial charge in [0.05, 0.1) is 0 Å². The van der Waals surface area contributed by atoms with Crippen LogP contribution >= 0.6 is 0 Å². The maximum absolute atomic E-state index is 11.8. The first-order chi connectivity index (χ1) is 7.49. The Hall–Kier alpha value is -1.55. The molecule has 1 atom stereocenters. The molecule has 0 radical (unpaired) electrons. The van der Waals surface area contributed by atoms with E-state index in [0.717, 1.165) is 0 Å². The van der Waals surface area contributed by atoms with Crippen LogP contribution in [0.5, 0.6) is 5.75 Å². The molecular formula is C12H16N2O2. The molecule has 2 rings (SSSR count). The van der Waals surface area contributed by atoms with Crippen LogP contribution in [0.25, 0.3) is 0 Å². The summed E-state index contributed by atoms with van der Waals surface area (Å²) >= 11 is 0. The third-order valence-corrected chi connectivity index (χ3v) is 2.75. The van der Waals surface area contributed by atoms with Crippen molar-refractivity contribution >= 4 is 5.91 Å². The highest BCUT2D eigenvalue weighted by Crippen LogP contribution is 2.27. The largest absolute Gasteiger partial charge is 0.508 e. The first-order valence-corrected chi connectivity index (χ1v) is 5.33. The van der Waals surface area contributed by atoms with Crippen molar-refractivity contribution in [1.82, 2.24) is 10.6 Å². The fraction of sp³-hybridized carbons (Fsp3) is 0.417. The molecule has 1 saturated heterocycles. The van der Waals surface area contributed by atoms with E-state index in [4.69, 9.17) is 0 Å². The van der Waals surface area contributed by atoms with Crippen LogP contribution in [0, 0.1) is 0 Å². The van der Waals surface area contributed by atoms with Crippen molar-refractivity contribution in [2.45, 2.75) is 25.4 Å². The third-order valence-electron chi connectivity index (χ3n) is 2.75. The van der Waals surface area contributed by atoms with Crippen LogP contribution < -0.4 is 10.6 Å². The lowest BCUT2D eigenvalue weighted by Crippen LogP contribution is -2.59. The van der Waals surface area contributed by atoms with Gasteiger partial charge in [-0.25, -0.2) is 0 Å². The number of hydrogen-bond acceptors (Lipinski definition) is 3. The van der Waals surface area contributed by atoms with E-state index < -0.39 is 6.04 Å². The zero-order valence-corrected chi connectivity index (χ0v) is 9.45. The summed E-state index contributed by atoms with van der Waals surface area (Å²) in [6, 6.07) is 6.42. The number of aromatic hydroxyl groups is 1. The van der Waals surface area contributed by atoms with Crippen LogP contribution in [0.1, 0.15) is 25.5 Å². The van der Waals surface area contributed by atoms with E-state index in [9.17, 15) is 9.90 Å². The zero-order chi connectivity index (χ0) is 11.8. The Kier molecular flexibility index (Phi) is 2.59. The van der Waals surface area contributed by atoms with Crippen molar-refractivity contribution in [1.29, 1.82) is 0 Å². The van der Waals surface area contributed by atoms with Gasteiger partial charge in [0.1, 0.15) is 11.8 Å². The van der Waals surface area contributed by atoms with Gasteiger partial charge in [-0.05, 0) is 19.9 Å². The molecule has 86 valence electrons. The van der Waals surface area contributed by atoms with Crippen molar-refractivity contribution < 1.29 is 9.90 Å². The molecule has 0 bridgehead atoms. The average Bonchev–Trinajstić information content (AvgIpc) is 2.23. The van der Waals surface area contributed by atoms with Gasteiger partial charge in [0.25, 0.3) is 0 Å². The Bertz CT molecular complexity index is 415. The fourth-order valence-corrected chi connectivity index (χ4v) is 1.87. The van der Waals surface area contributed by atoms with Gasteiger partial charge >= 0.3 is 0 Å². The van der Waals surface area contributed by atoms with Gasteiger partial charge in [0, 0.05) is 17.6 Å². The van der Waals surface area contributed by atoms with Gasteiger partial charge in [-0.3, -0.25) is 10.1 Å². The maximum Gasteiger partial charge on any atom is 0.241 e. The van der Waals surface area contributed by atoms with Crippen molar-refractivity contribution in [2.75, 3.05) is 6.54 Å². The Balaban J connectivity index is 2.32. The first kappa shape index (κ1) is 11.0. The van der Waals surface area contributed by atoms with Gasteiger partial charge < -0.3 is 10.4 Å². The minimum absolute atomic E-state index is 0.0965. The molecular weight excluding hydrogens is 204 g/mol. The molecule has 1 heterocycles. The van der Waals surface area contributed by atoms with Crippen molar-refractivity contribution in [2.24, 2.45) is 0 Å². The highest BCUT2D eigenvalue weighted by molar-refractivity contribution is 5.85. The number of hydrogen-bond donors (Lipinski definition) is 3. The van der Waals surface area contributed by atoms with Crippen LogP contribution in [0.3, 0.4) is 0 Å². The normalized spacial score (nSPS) is 23.9. The molecule has 1 unspecified atom stereocenters. The molecule has 3 N–H and O–H groups in total. The number of phenolic OH excluding ortho intramolecular Hbond substituents is 1. The molecule has 0 aliphatic carbocycles. The monoisotopic (exact) mass is 220 g/mol. The number of carbonyl (C=O) groups excluding carboxylic acids is 1. The summed E-state index contributed by atoms with van der Waals surface area (Å²) in [6.07, 6.45) is 0. The Labute approximate surface area is 94.7 Å². The smallest absolute Gasteiger partial charge is 0.241 e. The van der Waals surface area contributed by atoms with Crippen molar-refractivity contribution in [3.8, 4) is 5.75 Å². The highest BCUT2D eigenvalue weighted by Gasteiger charge is 2.34. The highest BCUT2D eigenvalue weighted by atomic mass is 16.3. The molecule has 1 aromatic carbocycles. The van der Waals surface area contributed by atoms with Gasteiger partial charge in [-0.15, -0.1) is 0 Å². The summed E-state index contributed by atoms with van der Waals surface area (Å²) in [4.78, 5) is 11.8. The predicted molar refractivity (Wildman–Crippen MR) is 61.1 cm³/mol. The molecule has 0 aromatic heterocycles. The fourth-order valence-electron chi connectivity index (χ4n) is 1.87. The second-order valence-corrected chi connectivity index (χ2v) is 4.74. The second kappa shape index (κ2) is 3.79. The van der Waals surface area contributed by atoms with E-state index in [1.807, 2.05) is 19.9 Å². The lowest BCUT2D eigenvalue weighted by molar-refractivity contribution is -0.126. The number of nitrogens with one attached hydrogen (secondary N) is 2. The molecule has 4 nitrogen and oxygen atoms in total. The van der Waals surface area contributed by atoms with Crippen LogP contribution in [-0.2, 0) is 4.79 Å². The second-order valence-electron chi connectivity index (χ2n) is 4.74. The lowest BCUT2D eigenvalue weighted by Gasteiger charge is -2.37. The molecule has 0 saturated carbocycles. The van der Waals surface area contributed by atoms with Gasteiger partial charge in [0.15, 0.2) is 0 Å². The first-order valence-electron chi connectivity index (χ1n) is 5.33. The molecule has 1 aliphatic heterocycles. The SMILES string of the molecule is CC1(C)CNC(=O)C(c2ccccc2O)N1. The Morgan fingerprint density at radius 1 is 1.38 bits per heavy atom. The molecule has 1 amide bonds. The summed E-state index contributed by atoms with van der Waals surface area (Å²) < 4.78 is 0. The Morgan fingerprint density at radius 2 is 2.06 bits per heavy atom. The van der Waals surface area contributed by atoms with Gasteiger partial charge in [0.2, 0.25) is 5.91 Å². The van der Waals surface area contributed by atoms with Crippen LogP contribution in [-0.4, -0.2) is 23.1 Å². The van der Waals surface area contributed by atoms with Crippen molar-refractivity contribution in [3.05, 3.63) is 29.8 Å². The van der Waals surface area contributed by atoms with E-state index in [1.54, 1.807) is 18.2 Å². The van der Waals surface area contributed by atoms with E-state index >= 15 is 0 Å². The van der Waals surface area contributed by atoms with E-state index in [0.29, 0.717) is 12.1 Å². The number of para-hydroxylation sites is 1. The number of rotatable bonds is 1. The molecule has 1 aliphatic rings. The standard InChI is InChI=1S/C12H16N2O2/c1-12(2)7-13-11(16)10(14-12)8-5-3-4-6-9(8)15/h3-6,10,14-15H,7H2,1-2H3,(H,13,16). The molecule has 4 heteroatoms. The molecule has 1 aromatic rings. The molecule has 0 spiro atoms. The Morgan fingerprint density at radius 3 is 2.75 bits per heavy atom. The van der Waals surface area contributed by atoms with Crippen LogP contribution in [0.15, 0.2) is 24.3 Å². The quantitative estimate of drug-likeness (QED) is 0.660. The van der Waals surface area contributed by atoms with Crippen LogP contribution in [0.4, 0.5) is 0 Å². The summed E-state index contributed by atoms with van der Waals surface area (Å²) in [5.41, 5.74) is 0.452. The average molecular weight is 220 g/mol. The molecule has 1 fully saturated rings. The van der Waals surface area contributed by atoms with E-state index in [-0.39, 0.29) is 17.2 Å². The minimum Gasteiger partial charge on any atom is -0.508 e. The van der Waals surface area contributed by atoms with E-state index in [1.165, 1.54) is 0 Å². The summed E-state index contributed by atoms with van der Waals surface area (Å²) in [5, 5.41) is 15.8.